The van der Waals surface area contributed by atoms with Crippen molar-refractivity contribution in [1.29, 1.82) is 0 Å². The molecule has 2 N–H and O–H groups in total. The van der Waals surface area contributed by atoms with E-state index in [2.05, 4.69) is 4.98 Å². The molecular formula is C19H13Cl2FN2O. The number of carbonyl (C=O) groups excluding carboxylic acids is 1. The van der Waals surface area contributed by atoms with Gasteiger partial charge in [0.15, 0.2) is 0 Å². The predicted molar refractivity (Wildman–Crippen MR) is 97.1 cm³/mol. The zero-order chi connectivity index (χ0) is 18.0. The molecule has 0 aliphatic heterocycles. The molecule has 0 saturated carbocycles. The topological polar surface area (TPSA) is 56.0 Å². The lowest BCUT2D eigenvalue weighted by molar-refractivity contribution is -0.118. The molecule has 0 radical (unpaired) electrons. The average molecular weight is 375 g/mol. The Hall–Kier alpha value is -2.43. The highest BCUT2D eigenvalue weighted by Crippen LogP contribution is 2.35. The van der Waals surface area contributed by atoms with Crippen LogP contribution in [0.15, 0.2) is 60.7 Å². The maximum absolute atomic E-state index is 13.1. The minimum absolute atomic E-state index is 0.335. The maximum Gasteiger partial charge on any atom is 0.231 e. The molecule has 1 aromatic heterocycles. The summed E-state index contributed by atoms with van der Waals surface area (Å²) in [7, 11) is 0. The highest BCUT2D eigenvalue weighted by molar-refractivity contribution is 6.36. The van der Waals surface area contributed by atoms with Crippen molar-refractivity contribution < 1.29 is 9.18 Å². The van der Waals surface area contributed by atoms with Gasteiger partial charge in [0.1, 0.15) is 11.7 Å². The van der Waals surface area contributed by atoms with Gasteiger partial charge in [0.25, 0.3) is 0 Å². The second-order valence-electron chi connectivity index (χ2n) is 5.43. The molecule has 0 fully saturated rings. The first kappa shape index (κ1) is 17.4. The van der Waals surface area contributed by atoms with Crippen LogP contribution in [0.2, 0.25) is 10.0 Å². The fourth-order valence-electron chi connectivity index (χ4n) is 2.62. The number of benzene rings is 2. The van der Waals surface area contributed by atoms with E-state index < -0.39 is 11.8 Å². The van der Waals surface area contributed by atoms with Crippen LogP contribution in [-0.4, -0.2) is 10.9 Å². The van der Waals surface area contributed by atoms with Crippen molar-refractivity contribution in [3.8, 4) is 11.3 Å². The number of primary amides is 1. The summed E-state index contributed by atoms with van der Waals surface area (Å²) in [6, 6.07) is 16.1. The molecule has 6 heteroatoms. The molecule has 0 aliphatic carbocycles. The molecule has 0 bridgehead atoms. The van der Waals surface area contributed by atoms with Gasteiger partial charge >= 0.3 is 0 Å². The van der Waals surface area contributed by atoms with Crippen molar-refractivity contribution in [2.75, 3.05) is 0 Å². The molecule has 3 nitrogen and oxygen atoms in total. The normalized spacial score (nSPS) is 12.0. The van der Waals surface area contributed by atoms with Gasteiger partial charge in [-0.05, 0) is 48.5 Å². The lowest BCUT2D eigenvalue weighted by Crippen LogP contribution is -2.24. The minimum atomic E-state index is -0.887. The number of amides is 1. The van der Waals surface area contributed by atoms with Gasteiger partial charge in [0.2, 0.25) is 5.91 Å². The third-order valence-corrected chi connectivity index (χ3v) is 4.44. The Morgan fingerprint density at radius 2 is 1.56 bits per heavy atom. The SMILES string of the molecule is NC(=O)C(c1cccc(-c2ccc(F)cc2)n1)c1c(Cl)cccc1Cl. The number of nitrogens with two attached hydrogens (primary N) is 1. The summed E-state index contributed by atoms with van der Waals surface area (Å²) in [5.74, 6) is -1.84. The number of rotatable bonds is 4. The average Bonchev–Trinajstić information content (AvgIpc) is 2.58. The number of carbonyl (C=O) groups is 1. The molecule has 126 valence electrons. The Morgan fingerprint density at radius 1 is 0.960 bits per heavy atom. The summed E-state index contributed by atoms with van der Waals surface area (Å²) in [5.41, 5.74) is 7.75. The Bertz CT molecular complexity index is 909. The molecule has 0 spiro atoms. The number of pyridine rings is 1. The first-order valence-electron chi connectivity index (χ1n) is 7.43. The molecule has 1 heterocycles. The number of nitrogens with zero attached hydrogens (tertiary/aromatic N) is 1. The van der Waals surface area contributed by atoms with Crippen LogP contribution in [0.4, 0.5) is 4.39 Å². The van der Waals surface area contributed by atoms with Crippen molar-refractivity contribution in [1.82, 2.24) is 4.98 Å². The van der Waals surface area contributed by atoms with Crippen molar-refractivity contribution >= 4 is 29.1 Å². The van der Waals surface area contributed by atoms with Gasteiger partial charge in [0.05, 0.1) is 11.4 Å². The molecule has 1 atom stereocenters. The summed E-state index contributed by atoms with van der Waals surface area (Å²) >= 11 is 12.5. The zero-order valence-electron chi connectivity index (χ0n) is 12.9. The van der Waals surface area contributed by atoms with Crippen LogP contribution >= 0.6 is 23.2 Å². The van der Waals surface area contributed by atoms with Crippen molar-refractivity contribution in [3.63, 3.8) is 0 Å². The van der Waals surface area contributed by atoms with Gasteiger partial charge < -0.3 is 5.73 Å². The quantitative estimate of drug-likeness (QED) is 0.711. The van der Waals surface area contributed by atoms with Gasteiger partial charge in [-0.15, -0.1) is 0 Å². The molecule has 3 aromatic rings. The van der Waals surface area contributed by atoms with Gasteiger partial charge in [-0.3, -0.25) is 9.78 Å². The Labute approximate surface area is 154 Å². The van der Waals surface area contributed by atoms with Crippen molar-refractivity contribution in [3.05, 3.63) is 87.8 Å². The van der Waals surface area contributed by atoms with E-state index in [0.717, 1.165) is 5.56 Å². The van der Waals surface area contributed by atoms with E-state index in [1.54, 1.807) is 48.5 Å². The third-order valence-electron chi connectivity index (χ3n) is 3.78. The first-order chi connectivity index (χ1) is 12.0. The van der Waals surface area contributed by atoms with Crippen LogP contribution in [0, 0.1) is 5.82 Å². The first-order valence-corrected chi connectivity index (χ1v) is 8.19. The van der Waals surface area contributed by atoms with Gasteiger partial charge in [0, 0.05) is 21.2 Å². The largest absolute Gasteiger partial charge is 0.369 e. The molecule has 0 saturated heterocycles. The van der Waals surface area contributed by atoms with Crippen molar-refractivity contribution in [2.24, 2.45) is 5.73 Å². The van der Waals surface area contributed by atoms with Gasteiger partial charge in [-0.25, -0.2) is 4.39 Å². The molecule has 3 rings (SSSR count). The lowest BCUT2D eigenvalue weighted by atomic mass is 9.94. The highest BCUT2D eigenvalue weighted by atomic mass is 35.5. The fourth-order valence-corrected chi connectivity index (χ4v) is 3.23. The number of hydrogen-bond acceptors (Lipinski definition) is 2. The monoisotopic (exact) mass is 374 g/mol. The smallest absolute Gasteiger partial charge is 0.231 e. The highest BCUT2D eigenvalue weighted by Gasteiger charge is 2.26. The van der Waals surface area contributed by atoms with Gasteiger partial charge in [-0.1, -0.05) is 35.3 Å². The molecule has 25 heavy (non-hydrogen) atoms. The van der Waals surface area contributed by atoms with E-state index in [4.69, 9.17) is 28.9 Å². The molecular weight excluding hydrogens is 362 g/mol. The van der Waals surface area contributed by atoms with Crippen LogP contribution in [0.5, 0.6) is 0 Å². The van der Waals surface area contributed by atoms with Crippen LogP contribution in [0.3, 0.4) is 0 Å². The van der Waals surface area contributed by atoms with Gasteiger partial charge in [-0.2, -0.15) is 0 Å². The summed E-state index contributed by atoms with van der Waals surface area (Å²) in [4.78, 5) is 16.6. The fraction of sp³-hybridized carbons (Fsp3) is 0.0526. The van der Waals surface area contributed by atoms with E-state index in [-0.39, 0.29) is 5.82 Å². The Kier molecular flexibility index (Phi) is 5.02. The van der Waals surface area contributed by atoms with Crippen LogP contribution < -0.4 is 5.73 Å². The Balaban J connectivity index is 2.11. The zero-order valence-corrected chi connectivity index (χ0v) is 14.4. The van der Waals surface area contributed by atoms with E-state index >= 15 is 0 Å². The second-order valence-corrected chi connectivity index (χ2v) is 6.24. The Morgan fingerprint density at radius 3 is 2.16 bits per heavy atom. The van der Waals surface area contributed by atoms with Crippen LogP contribution in [0.1, 0.15) is 17.2 Å². The lowest BCUT2D eigenvalue weighted by Gasteiger charge is -2.17. The summed E-state index contributed by atoms with van der Waals surface area (Å²) in [5, 5.41) is 0.676. The second kappa shape index (κ2) is 7.21. The molecule has 1 amide bonds. The van der Waals surface area contributed by atoms with Crippen LogP contribution in [-0.2, 0) is 4.79 Å². The molecule has 2 aromatic carbocycles. The van der Waals surface area contributed by atoms with E-state index in [9.17, 15) is 9.18 Å². The summed E-state index contributed by atoms with van der Waals surface area (Å²) in [6.07, 6.45) is 0. The third kappa shape index (κ3) is 3.65. The maximum atomic E-state index is 13.1. The van der Waals surface area contributed by atoms with E-state index in [1.807, 2.05) is 0 Å². The minimum Gasteiger partial charge on any atom is -0.369 e. The number of halogens is 3. The number of aromatic nitrogens is 1. The summed E-state index contributed by atoms with van der Waals surface area (Å²) in [6.45, 7) is 0. The van der Waals surface area contributed by atoms with E-state index in [1.165, 1.54) is 12.1 Å². The summed E-state index contributed by atoms with van der Waals surface area (Å²) < 4.78 is 13.1. The standard InChI is InChI=1S/C19H13Cl2FN2O/c20-13-3-1-4-14(21)17(13)18(19(23)25)16-6-2-5-15(24-16)11-7-9-12(22)10-8-11/h1-10,18H,(H2,23,25). The predicted octanol–water partition coefficient (Wildman–Crippen LogP) is 4.81. The van der Waals surface area contributed by atoms with Crippen molar-refractivity contribution in [2.45, 2.75) is 5.92 Å². The number of hydrogen-bond donors (Lipinski definition) is 1. The molecule has 1 unspecified atom stereocenters. The van der Waals surface area contributed by atoms with Crippen LogP contribution in [0.25, 0.3) is 11.3 Å². The molecule has 0 aliphatic rings. The van der Waals surface area contributed by atoms with E-state index in [0.29, 0.717) is 27.0 Å².